The second-order valence-corrected chi connectivity index (χ2v) is 9.50. The summed E-state index contributed by atoms with van der Waals surface area (Å²) in [6.07, 6.45) is -2.51. The molecule has 2 saturated heterocycles. The fraction of sp³-hybridized carbons (Fsp3) is 0.471. The van der Waals surface area contributed by atoms with Gasteiger partial charge in [-0.05, 0) is 12.1 Å². The number of rotatable bonds is 5. The van der Waals surface area contributed by atoms with Gasteiger partial charge in [0.1, 0.15) is 11.6 Å². The van der Waals surface area contributed by atoms with Crippen LogP contribution >= 0.6 is 0 Å². The highest BCUT2D eigenvalue weighted by atomic mass is 32.2. The van der Waals surface area contributed by atoms with E-state index in [4.69, 9.17) is 0 Å². The van der Waals surface area contributed by atoms with Gasteiger partial charge in [-0.25, -0.2) is 31.5 Å². The summed E-state index contributed by atoms with van der Waals surface area (Å²) in [5.41, 5.74) is -0.515. The molecule has 2 aliphatic rings. The molecule has 2 aliphatic heterocycles. The lowest BCUT2D eigenvalue weighted by Crippen LogP contribution is -2.57. The molecule has 14 heteroatoms. The molecule has 2 aromatic rings. The van der Waals surface area contributed by atoms with E-state index in [1.165, 1.54) is 15.3 Å². The molecule has 1 N–H and O–H groups in total. The standard InChI is InChI=1S/C17H17F5N6O2S/c1-31(29,30)28-6-10(7-28)12-5-14(26-15(24-12)27-8-16(18,19)9-27)25-13-4-11(2-3-23-13)17(20,21)22/h2-5,10H,6-9H2,1H3,(H,23,24,25,26). The minimum atomic E-state index is -4.56. The number of nitrogens with zero attached hydrogens (tertiary/aromatic N) is 5. The number of pyridine rings is 1. The maximum absolute atomic E-state index is 13.3. The Morgan fingerprint density at radius 1 is 1.13 bits per heavy atom. The third kappa shape index (κ3) is 4.69. The molecule has 0 saturated carbocycles. The lowest BCUT2D eigenvalue weighted by atomic mass is 9.99. The Kier molecular flexibility index (Phi) is 5.04. The summed E-state index contributed by atoms with van der Waals surface area (Å²) in [7, 11) is -3.37. The number of sulfonamides is 1. The average Bonchev–Trinajstić information content (AvgIpc) is 2.56. The van der Waals surface area contributed by atoms with Crippen molar-refractivity contribution in [3.05, 3.63) is 35.7 Å². The van der Waals surface area contributed by atoms with Crippen LogP contribution in [0.4, 0.5) is 39.5 Å². The number of aromatic nitrogens is 3. The molecule has 0 amide bonds. The first-order chi connectivity index (χ1) is 14.3. The molecule has 4 heterocycles. The summed E-state index contributed by atoms with van der Waals surface area (Å²) in [5, 5.41) is 2.66. The Hall–Kier alpha value is -2.61. The van der Waals surface area contributed by atoms with Crippen LogP contribution in [-0.2, 0) is 16.2 Å². The third-order valence-corrected chi connectivity index (χ3v) is 6.18. The predicted molar refractivity (Wildman–Crippen MR) is 101 cm³/mol. The summed E-state index contributed by atoms with van der Waals surface area (Å²) in [6.45, 7) is -0.852. The Morgan fingerprint density at radius 3 is 2.39 bits per heavy atom. The maximum atomic E-state index is 13.3. The van der Waals surface area contributed by atoms with Crippen LogP contribution in [0.1, 0.15) is 17.2 Å². The summed E-state index contributed by atoms with van der Waals surface area (Å²) in [4.78, 5) is 13.5. The number of hydrogen-bond donors (Lipinski definition) is 1. The van der Waals surface area contributed by atoms with Crippen LogP contribution in [0.3, 0.4) is 0 Å². The molecule has 2 aromatic heterocycles. The summed E-state index contributed by atoms with van der Waals surface area (Å²) < 4.78 is 89.9. The van der Waals surface area contributed by atoms with Gasteiger partial charge >= 0.3 is 6.18 Å². The maximum Gasteiger partial charge on any atom is 0.416 e. The van der Waals surface area contributed by atoms with Gasteiger partial charge in [0.05, 0.1) is 30.6 Å². The molecule has 0 radical (unpaired) electrons. The van der Waals surface area contributed by atoms with Gasteiger partial charge in [-0.2, -0.15) is 18.2 Å². The zero-order valence-electron chi connectivity index (χ0n) is 16.1. The fourth-order valence-electron chi connectivity index (χ4n) is 3.22. The van der Waals surface area contributed by atoms with Crippen LogP contribution in [0.2, 0.25) is 0 Å². The van der Waals surface area contributed by atoms with Crippen molar-refractivity contribution in [2.24, 2.45) is 0 Å². The van der Waals surface area contributed by atoms with E-state index in [9.17, 15) is 30.4 Å². The smallest absolute Gasteiger partial charge is 0.329 e. The minimum absolute atomic E-state index is 0.0179. The van der Waals surface area contributed by atoms with Gasteiger partial charge < -0.3 is 10.2 Å². The molecule has 8 nitrogen and oxygen atoms in total. The van der Waals surface area contributed by atoms with Crippen LogP contribution in [0, 0.1) is 0 Å². The minimum Gasteiger partial charge on any atom is -0.329 e. The van der Waals surface area contributed by atoms with Crippen molar-refractivity contribution in [3.63, 3.8) is 0 Å². The molecular formula is C17H17F5N6O2S. The number of anilines is 3. The molecule has 0 spiro atoms. The first-order valence-electron chi connectivity index (χ1n) is 9.07. The van der Waals surface area contributed by atoms with Crippen LogP contribution in [0.15, 0.2) is 24.4 Å². The quantitative estimate of drug-likeness (QED) is 0.680. The predicted octanol–water partition coefficient (Wildman–Crippen LogP) is 2.45. The summed E-state index contributed by atoms with van der Waals surface area (Å²) in [6, 6.07) is 3.07. The summed E-state index contributed by atoms with van der Waals surface area (Å²) >= 11 is 0. The van der Waals surface area contributed by atoms with E-state index in [-0.39, 0.29) is 36.6 Å². The van der Waals surface area contributed by atoms with Crippen molar-refractivity contribution in [1.82, 2.24) is 19.3 Å². The number of hydrogen-bond acceptors (Lipinski definition) is 7. The van der Waals surface area contributed by atoms with E-state index in [2.05, 4.69) is 20.3 Å². The van der Waals surface area contributed by atoms with Crippen molar-refractivity contribution in [2.45, 2.75) is 18.0 Å². The topological polar surface area (TPSA) is 91.3 Å². The molecule has 0 bridgehead atoms. The normalized spacial score (nSPS) is 19.6. The molecular weight excluding hydrogens is 447 g/mol. The number of nitrogens with one attached hydrogen (secondary N) is 1. The lowest BCUT2D eigenvalue weighted by Gasteiger charge is -2.40. The van der Waals surface area contributed by atoms with E-state index in [1.54, 1.807) is 0 Å². The van der Waals surface area contributed by atoms with Crippen LogP contribution in [0.25, 0.3) is 0 Å². The van der Waals surface area contributed by atoms with Gasteiger partial charge in [0.25, 0.3) is 5.92 Å². The zero-order valence-corrected chi connectivity index (χ0v) is 16.9. The molecule has 0 aromatic carbocycles. The SMILES string of the molecule is CS(=O)(=O)N1CC(c2cc(Nc3cc(C(F)(F)F)ccn3)nc(N3CC(F)(F)C3)n2)C1. The first-order valence-corrected chi connectivity index (χ1v) is 10.9. The van der Waals surface area contributed by atoms with Crippen molar-refractivity contribution in [2.75, 3.05) is 42.7 Å². The second kappa shape index (κ2) is 7.22. The average molecular weight is 464 g/mol. The van der Waals surface area contributed by atoms with Gasteiger partial charge in [-0.1, -0.05) is 0 Å². The van der Waals surface area contributed by atoms with Gasteiger partial charge in [0.15, 0.2) is 0 Å². The highest BCUT2D eigenvalue weighted by Crippen LogP contribution is 2.35. The Morgan fingerprint density at radius 2 is 1.81 bits per heavy atom. The lowest BCUT2D eigenvalue weighted by molar-refractivity contribution is -0.137. The molecule has 0 unspecified atom stereocenters. The molecule has 2 fully saturated rings. The first kappa shape index (κ1) is 21.6. The Labute approximate surface area is 174 Å². The third-order valence-electron chi connectivity index (χ3n) is 4.94. The van der Waals surface area contributed by atoms with Crippen LogP contribution in [0.5, 0.6) is 0 Å². The highest BCUT2D eigenvalue weighted by molar-refractivity contribution is 7.88. The molecule has 0 aliphatic carbocycles. The van der Waals surface area contributed by atoms with Crippen molar-refractivity contribution in [1.29, 1.82) is 0 Å². The van der Waals surface area contributed by atoms with E-state index in [1.807, 2.05) is 0 Å². The second-order valence-electron chi connectivity index (χ2n) is 7.52. The Bertz CT molecular complexity index is 1100. The molecule has 4 rings (SSSR count). The fourth-order valence-corrected chi connectivity index (χ4v) is 4.12. The van der Waals surface area contributed by atoms with Gasteiger partial charge in [-0.3, -0.25) is 0 Å². The van der Waals surface area contributed by atoms with Gasteiger partial charge in [0, 0.05) is 31.3 Å². The number of halogens is 5. The number of alkyl halides is 5. The van der Waals surface area contributed by atoms with Crippen molar-refractivity contribution < 1.29 is 30.4 Å². The van der Waals surface area contributed by atoms with E-state index in [0.717, 1.165) is 24.6 Å². The summed E-state index contributed by atoms with van der Waals surface area (Å²) in [5.74, 6) is -3.26. The monoisotopic (exact) mass is 464 g/mol. The van der Waals surface area contributed by atoms with Crippen molar-refractivity contribution in [3.8, 4) is 0 Å². The Balaban J connectivity index is 1.61. The zero-order chi connectivity index (χ0) is 22.6. The van der Waals surface area contributed by atoms with Gasteiger partial charge in [0.2, 0.25) is 16.0 Å². The van der Waals surface area contributed by atoms with Crippen molar-refractivity contribution >= 4 is 27.6 Å². The molecule has 31 heavy (non-hydrogen) atoms. The van der Waals surface area contributed by atoms with E-state index in [0.29, 0.717) is 5.69 Å². The van der Waals surface area contributed by atoms with Crippen LogP contribution < -0.4 is 10.2 Å². The highest BCUT2D eigenvalue weighted by Gasteiger charge is 2.45. The molecule has 0 atom stereocenters. The van der Waals surface area contributed by atoms with E-state index >= 15 is 0 Å². The van der Waals surface area contributed by atoms with Gasteiger partial charge in [-0.15, -0.1) is 0 Å². The largest absolute Gasteiger partial charge is 0.416 e. The van der Waals surface area contributed by atoms with E-state index < -0.39 is 40.8 Å². The van der Waals surface area contributed by atoms with Crippen LogP contribution in [-0.4, -0.2) is 66.0 Å². The molecule has 168 valence electrons.